The van der Waals surface area contributed by atoms with Crippen LogP contribution in [0.5, 0.6) is 0 Å². The van der Waals surface area contributed by atoms with Crippen LogP contribution in [-0.4, -0.2) is 41.6 Å². The number of rotatable bonds is 6. The molecule has 5 nitrogen and oxygen atoms in total. The molecule has 1 saturated heterocycles. The summed E-state index contributed by atoms with van der Waals surface area (Å²) in [5.41, 5.74) is 1.99. The summed E-state index contributed by atoms with van der Waals surface area (Å²) in [6.07, 6.45) is 10.5. The molecule has 1 aromatic rings. The fourth-order valence-corrected chi connectivity index (χ4v) is 4.47. The Morgan fingerprint density at radius 2 is 2.00 bits per heavy atom. The van der Waals surface area contributed by atoms with Crippen LogP contribution in [-0.2, 0) is 11.2 Å². The van der Waals surface area contributed by atoms with Gasteiger partial charge < -0.3 is 14.7 Å². The second kappa shape index (κ2) is 8.84. The molecule has 0 aromatic carbocycles. The fraction of sp³-hybridized carbons (Fsp3) is 0.800. The molecule has 5 heteroatoms. The number of carbonyl (C=O) groups excluding carboxylic acids is 1. The van der Waals surface area contributed by atoms with Crippen molar-refractivity contribution in [2.45, 2.75) is 77.7 Å². The first-order chi connectivity index (χ1) is 12.1. The highest BCUT2D eigenvalue weighted by Gasteiger charge is 2.24. The van der Waals surface area contributed by atoms with Gasteiger partial charge in [-0.05, 0) is 58.4 Å². The summed E-state index contributed by atoms with van der Waals surface area (Å²) in [6, 6.07) is 0.314. The van der Waals surface area contributed by atoms with Crippen molar-refractivity contribution in [3.05, 3.63) is 17.0 Å². The molecule has 2 heterocycles. The van der Waals surface area contributed by atoms with Gasteiger partial charge in [0.15, 0.2) is 0 Å². The number of hydrogen-bond acceptors (Lipinski definition) is 4. The van der Waals surface area contributed by atoms with Crippen molar-refractivity contribution in [2.24, 2.45) is 5.92 Å². The smallest absolute Gasteiger partial charge is 0.220 e. The Morgan fingerprint density at radius 3 is 2.72 bits per heavy atom. The molecular weight excluding hydrogens is 314 g/mol. The molecule has 3 rings (SSSR count). The molecule has 1 aliphatic carbocycles. The summed E-state index contributed by atoms with van der Waals surface area (Å²) < 4.78 is 5.18. The number of piperidine rings is 1. The zero-order valence-corrected chi connectivity index (χ0v) is 15.9. The van der Waals surface area contributed by atoms with Gasteiger partial charge in [-0.3, -0.25) is 4.79 Å². The van der Waals surface area contributed by atoms with E-state index in [4.69, 9.17) is 4.52 Å². The predicted octanol–water partition coefficient (Wildman–Crippen LogP) is 3.38. The van der Waals surface area contributed by atoms with Crippen LogP contribution in [0.1, 0.15) is 68.4 Å². The van der Waals surface area contributed by atoms with Crippen molar-refractivity contribution in [1.82, 2.24) is 15.4 Å². The molecule has 0 radical (unpaired) electrons. The molecule has 1 aliphatic heterocycles. The highest BCUT2D eigenvalue weighted by Crippen LogP contribution is 2.25. The minimum Gasteiger partial charge on any atom is -0.361 e. The number of amides is 1. The van der Waals surface area contributed by atoms with E-state index in [-0.39, 0.29) is 5.91 Å². The first-order valence-corrected chi connectivity index (χ1v) is 10.1. The molecule has 1 saturated carbocycles. The van der Waals surface area contributed by atoms with Crippen LogP contribution in [0, 0.1) is 19.8 Å². The van der Waals surface area contributed by atoms with Crippen molar-refractivity contribution < 1.29 is 9.32 Å². The van der Waals surface area contributed by atoms with Gasteiger partial charge in [-0.2, -0.15) is 0 Å². The van der Waals surface area contributed by atoms with Gasteiger partial charge in [0.05, 0.1) is 5.69 Å². The van der Waals surface area contributed by atoms with Crippen molar-refractivity contribution in [2.75, 3.05) is 19.6 Å². The van der Waals surface area contributed by atoms with Crippen LogP contribution in [0.4, 0.5) is 0 Å². The van der Waals surface area contributed by atoms with Crippen molar-refractivity contribution in [1.29, 1.82) is 0 Å². The summed E-state index contributed by atoms with van der Waals surface area (Å²) in [5, 5.41) is 7.22. The summed E-state index contributed by atoms with van der Waals surface area (Å²) in [7, 11) is 0. The molecule has 0 spiro atoms. The van der Waals surface area contributed by atoms with Gasteiger partial charge in [0.25, 0.3) is 0 Å². The van der Waals surface area contributed by atoms with E-state index in [1.165, 1.54) is 51.6 Å². The molecule has 2 fully saturated rings. The number of nitrogens with zero attached hydrogens (tertiary/aromatic N) is 2. The molecule has 1 N–H and O–H groups in total. The van der Waals surface area contributed by atoms with Crippen LogP contribution in [0.2, 0.25) is 0 Å². The number of nitrogens with one attached hydrogen (secondary N) is 1. The third kappa shape index (κ3) is 5.30. The van der Waals surface area contributed by atoms with E-state index in [0.717, 1.165) is 35.9 Å². The predicted molar refractivity (Wildman–Crippen MR) is 98.5 cm³/mol. The molecule has 0 unspecified atom stereocenters. The largest absolute Gasteiger partial charge is 0.361 e. The van der Waals surface area contributed by atoms with E-state index in [0.29, 0.717) is 18.9 Å². The molecule has 2 aliphatic rings. The van der Waals surface area contributed by atoms with E-state index in [1.54, 1.807) is 0 Å². The second-order valence-electron chi connectivity index (χ2n) is 7.97. The van der Waals surface area contributed by atoms with Crippen LogP contribution in [0.3, 0.4) is 0 Å². The maximum Gasteiger partial charge on any atom is 0.220 e. The first kappa shape index (κ1) is 18.4. The molecule has 25 heavy (non-hydrogen) atoms. The second-order valence-corrected chi connectivity index (χ2v) is 7.97. The maximum atomic E-state index is 12.3. The lowest BCUT2D eigenvalue weighted by atomic mass is 9.88. The Balaban J connectivity index is 1.41. The number of aryl methyl sites for hydroxylation is 2. The lowest BCUT2D eigenvalue weighted by Gasteiger charge is -2.36. The lowest BCUT2D eigenvalue weighted by Crippen LogP contribution is -2.49. The van der Waals surface area contributed by atoms with Crippen LogP contribution in [0.25, 0.3) is 0 Å². The Bertz CT molecular complexity index is 544. The quantitative estimate of drug-likeness (QED) is 0.857. The van der Waals surface area contributed by atoms with Gasteiger partial charge in [0.2, 0.25) is 5.91 Å². The highest BCUT2D eigenvalue weighted by molar-refractivity contribution is 5.76. The Hall–Kier alpha value is -1.36. The SMILES string of the molecule is Cc1noc(C)c1CCC(=O)N[C@H]1CCCN(CC2CCCCC2)C1. The van der Waals surface area contributed by atoms with E-state index >= 15 is 0 Å². The Morgan fingerprint density at radius 1 is 1.20 bits per heavy atom. The molecule has 1 amide bonds. The van der Waals surface area contributed by atoms with Crippen molar-refractivity contribution in [3.63, 3.8) is 0 Å². The van der Waals surface area contributed by atoms with E-state index in [9.17, 15) is 4.79 Å². The summed E-state index contributed by atoms with van der Waals surface area (Å²) in [6.45, 7) is 7.30. The van der Waals surface area contributed by atoms with Crippen molar-refractivity contribution in [3.8, 4) is 0 Å². The van der Waals surface area contributed by atoms with Crippen LogP contribution >= 0.6 is 0 Å². The maximum absolute atomic E-state index is 12.3. The van der Waals surface area contributed by atoms with Crippen LogP contribution in [0.15, 0.2) is 4.52 Å². The fourth-order valence-electron chi connectivity index (χ4n) is 4.47. The minimum atomic E-state index is 0.157. The van der Waals surface area contributed by atoms with Gasteiger partial charge in [-0.1, -0.05) is 24.4 Å². The first-order valence-electron chi connectivity index (χ1n) is 10.1. The number of likely N-dealkylation sites (tertiary alicyclic amines) is 1. The van der Waals surface area contributed by atoms with Gasteiger partial charge in [0.1, 0.15) is 5.76 Å². The number of aromatic nitrogens is 1. The summed E-state index contributed by atoms with van der Waals surface area (Å²) in [4.78, 5) is 14.9. The van der Waals surface area contributed by atoms with E-state index in [1.807, 2.05) is 13.8 Å². The zero-order chi connectivity index (χ0) is 17.6. The van der Waals surface area contributed by atoms with E-state index < -0.39 is 0 Å². The molecule has 1 atom stereocenters. The van der Waals surface area contributed by atoms with Crippen LogP contribution < -0.4 is 5.32 Å². The number of carbonyl (C=O) groups is 1. The number of hydrogen-bond donors (Lipinski definition) is 1. The normalized spacial score (nSPS) is 22.9. The lowest BCUT2D eigenvalue weighted by molar-refractivity contribution is -0.122. The Kier molecular flexibility index (Phi) is 6.51. The van der Waals surface area contributed by atoms with Gasteiger partial charge >= 0.3 is 0 Å². The molecule has 0 bridgehead atoms. The van der Waals surface area contributed by atoms with Crippen molar-refractivity contribution >= 4 is 5.91 Å². The zero-order valence-electron chi connectivity index (χ0n) is 15.9. The van der Waals surface area contributed by atoms with Gasteiger partial charge in [-0.25, -0.2) is 0 Å². The third-order valence-electron chi connectivity index (χ3n) is 5.90. The Labute approximate surface area is 151 Å². The topological polar surface area (TPSA) is 58.4 Å². The minimum absolute atomic E-state index is 0.157. The summed E-state index contributed by atoms with van der Waals surface area (Å²) >= 11 is 0. The molecular formula is C20H33N3O2. The standard InChI is InChI=1S/C20H33N3O2/c1-15-19(16(2)25-22-15)10-11-20(24)21-18-9-6-12-23(14-18)13-17-7-4-3-5-8-17/h17-18H,3-14H2,1-2H3,(H,21,24)/t18-/m0/s1. The monoisotopic (exact) mass is 347 g/mol. The van der Waals surface area contributed by atoms with Gasteiger partial charge in [-0.15, -0.1) is 0 Å². The summed E-state index contributed by atoms with van der Waals surface area (Å²) in [5.74, 6) is 1.87. The molecule has 1 aromatic heterocycles. The highest BCUT2D eigenvalue weighted by atomic mass is 16.5. The molecule has 140 valence electrons. The van der Waals surface area contributed by atoms with E-state index in [2.05, 4.69) is 15.4 Å². The third-order valence-corrected chi connectivity index (χ3v) is 5.90. The van der Waals surface area contributed by atoms with Gasteiger partial charge in [0, 0.05) is 31.1 Å². The average molecular weight is 348 g/mol. The average Bonchev–Trinajstić information content (AvgIpc) is 2.92.